The van der Waals surface area contributed by atoms with Crippen molar-refractivity contribution in [1.82, 2.24) is 14.8 Å². The summed E-state index contributed by atoms with van der Waals surface area (Å²) in [5.74, 6) is -1.48. The highest BCUT2D eigenvalue weighted by atomic mass is 32.2. The SMILES string of the molecule is CCOC(=O)Cn1cnnc1SCC(=O)O. The van der Waals surface area contributed by atoms with Crippen LogP contribution < -0.4 is 0 Å². The molecule has 0 unspecified atom stereocenters. The molecule has 1 aromatic rings. The number of ether oxygens (including phenoxy) is 1. The molecule has 8 heteroatoms. The summed E-state index contributed by atoms with van der Waals surface area (Å²) in [6, 6.07) is 0. The van der Waals surface area contributed by atoms with Gasteiger partial charge in [-0.05, 0) is 6.92 Å². The molecule has 0 saturated heterocycles. The summed E-state index contributed by atoms with van der Waals surface area (Å²) in [5.41, 5.74) is 0. The van der Waals surface area contributed by atoms with E-state index in [2.05, 4.69) is 10.2 Å². The summed E-state index contributed by atoms with van der Waals surface area (Å²) in [5, 5.41) is 16.2. The third-order valence-electron chi connectivity index (χ3n) is 1.51. The summed E-state index contributed by atoms with van der Waals surface area (Å²) >= 11 is 1.00. The molecule has 0 aliphatic carbocycles. The van der Waals surface area contributed by atoms with Gasteiger partial charge in [0, 0.05) is 0 Å². The van der Waals surface area contributed by atoms with Gasteiger partial charge in [0.15, 0.2) is 5.16 Å². The highest BCUT2D eigenvalue weighted by Crippen LogP contribution is 2.13. The van der Waals surface area contributed by atoms with Crippen LogP contribution in [0, 0.1) is 0 Å². The fourth-order valence-corrected chi connectivity index (χ4v) is 1.57. The van der Waals surface area contributed by atoms with E-state index in [0.29, 0.717) is 11.8 Å². The van der Waals surface area contributed by atoms with Crippen molar-refractivity contribution in [3.63, 3.8) is 0 Å². The predicted molar refractivity (Wildman–Crippen MR) is 55.0 cm³/mol. The van der Waals surface area contributed by atoms with Gasteiger partial charge in [0.1, 0.15) is 12.9 Å². The van der Waals surface area contributed by atoms with E-state index in [0.717, 1.165) is 11.8 Å². The lowest BCUT2D eigenvalue weighted by Crippen LogP contribution is -2.14. The molecule has 0 saturated carbocycles. The third-order valence-corrected chi connectivity index (χ3v) is 2.48. The number of aromatic nitrogens is 3. The normalized spacial score (nSPS) is 10.1. The van der Waals surface area contributed by atoms with E-state index in [-0.39, 0.29) is 12.3 Å². The van der Waals surface area contributed by atoms with E-state index in [4.69, 9.17) is 9.84 Å². The number of carbonyl (C=O) groups is 2. The van der Waals surface area contributed by atoms with Crippen molar-refractivity contribution in [1.29, 1.82) is 0 Å². The minimum Gasteiger partial charge on any atom is -0.481 e. The van der Waals surface area contributed by atoms with E-state index >= 15 is 0 Å². The molecule has 0 bridgehead atoms. The molecule has 88 valence electrons. The van der Waals surface area contributed by atoms with Crippen molar-refractivity contribution in [2.24, 2.45) is 0 Å². The number of nitrogens with zero attached hydrogens (tertiary/aromatic N) is 3. The lowest BCUT2D eigenvalue weighted by atomic mass is 10.6. The van der Waals surface area contributed by atoms with Crippen LogP contribution >= 0.6 is 11.8 Å². The van der Waals surface area contributed by atoms with Gasteiger partial charge in [-0.3, -0.25) is 14.2 Å². The van der Waals surface area contributed by atoms with Crippen LogP contribution in [0.5, 0.6) is 0 Å². The number of esters is 1. The second kappa shape index (κ2) is 6.11. The Bertz CT molecular complexity index is 379. The summed E-state index contributed by atoms with van der Waals surface area (Å²) in [6.07, 6.45) is 1.36. The van der Waals surface area contributed by atoms with Crippen LogP contribution in [-0.2, 0) is 20.9 Å². The van der Waals surface area contributed by atoms with Crippen molar-refractivity contribution in [3.8, 4) is 0 Å². The van der Waals surface area contributed by atoms with Gasteiger partial charge in [0.05, 0.1) is 12.4 Å². The maximum absolute atomic E-state index is 11.2. The van der Waals surface area contributed by atoms with Crippen molar-refractivity contribution in [2.45, 2.75) is 18.6 Å². The first-order valence-electron chi connectivity index (χ1n) is 4.51. The minimum atomic E-state index is -0.948. The summed E-state index contributed by atoms with van der Waals surface area (Å²) < 4.78 is 6.20. The Hall–Kier alpha value is -1.57. The Morgan fingerprint density at radius 3 is 3.00 bits per heavy atom. The van der Waals surface area contributed by atoms with Crippen LogP contribution in [0.15, 0.2) is 11.5 Å². The Labute approximate surface area is 95.8 Å². The molecule has 0 aromatic carbocycles. The number of thioether (sulfide) groups is 1. The van der Waals surface area contributed by atoms with Gasteiger partial charge in [-0.15, -0.1) is 10.2 Å². The Kier molecular flexibility index (Phi) is 4.77. The second-order valence-electron chi connectivity index (χ2n) is 2.73. The Morgan fingerprint density at radius 2 is 2.38 bits per heavy atom. The zero-order valence-electron chi connectivity index (χ0n) is 8.62. The monoisotopic (exact) mass is 245 g/mol. The van der Waals surface area contributed by atoms with Crippen molar-refractivity contribution in [2.75, 3.05) is 12.4 Å². The first-order valence-corrected chi connectivity index (χ1v) is 5.50. The molecule has 0 atom stereocenters. The molecule has 16 heavy (non-hydrogen) atoms. The van der Waals surface area contributed by atoms with E-state index < -0.39 is 11.9 Å². The summed E-state index contributed by atoms with van der Waals surface area (Å²) in [6.45, 7) is 2.01. The molecule has 1 rings (SSSR count). The number of aliphatic carboxylic acids is 1. The molecule has 0 spiro atoms. The second-order valence-corrected chi connectivity index (χ2v) is 3.67. The molecule has 0 aliphatic heterocycles. The van der Waals surface area contributed by atoms with Crippen LogP contribution in [0.25, 0.3) is 0 Å². The van der Waals surface area contributed by atoms with Gasteiger partial charge in [-0.1, -0.05) is 11.8 Å². The lowest BCUT2D eigenvalue weighted by molar-refractivity contribution is -0.144. The van der Waals surface area contributed by atoms with Gasteiger partial charge in [-0.25, -0.2) is 0 Å². The highest BCUT2D eigenvalue weighted by molar-refractivity contribution is 7.99. The Morgan fingerprint density at radius 1 is 1.62 bits per heavy atom. The first-order chi connectivity index (χ1) is 7.63. The number of hydrogen-bond donors (Lipinski definition) is 1. The van der Waals surface area contributed by atoms with E-state index in [1.165, 1.54) is 10.9 Å². The van der Waals surface area contributed by atoms with E-state index in [1.54, 1.807) is 6.92 Å². The standard InChI is InChI=1S/C8H11N3O4S/c1-2-15-7(14)3-11-5-9-10-8(11)16-4-6(12)13/h5H,2-4H2,1H3,(H,12,13). The molecule has 7 nitrogen and oxygen atoms in total. The van der Waals surface area contributed by atoms with Crippen molar-refractivity contribution >= 4 is 23.7 Å². The van der Waals surface area contributed by atoms with Crippen LogP contribution in [0.1, 0.15) is 6.92 Å². The fourth-order valence-electron chi connectivity index (χ4n) is 0.937. The highest BCUT2D eigenvalue weighted by Gasteiger charge is 2.11. The van der Waals surface area contributed by atoms with Crippen LogP contribution in [-0.4, -0.2) is 44.2 Å². The molecule has 0 radical (unpaired) electrons. The van der Waals surface area contributed by atoms with E-state index in [9.17, 15) is 9.59 Å². The number of carboxylic acids is 1. The average Bonchev–Trinajstić information content (AvgIpc) is 2.62. The van der Waals surface area contributed by atoms with Gasteiger partial charge in [0.25, 0.3) is 0 Å². The molecule has 1 aromatic heterocycles. The van der Waals surface area contributed by atoms with Crippen molar-refractivity contribution < 1.29 is 19.4 Å². The summed E-state index contributed by atoms with van der Waals surface area (Å²) in [7, 11) is 0. The molecular weight excluding hydrogens is 234 g/mol. The quantitative estimate of drug-likeness (QED) is 0.557. The molecule has 0 fully saturated rings. The lowest BCUT2D eigenvalue weighted by Gasteiger charge is -2.04. The smallest absolute Gasteiger partial charge is 0.326 e. The Balaban J connectivity index is 2.56. The zero-order valence-corrected chi connectivity index (χ0v) is 9.44. The van der Waals surface area contributed by atoms with Gasteiger partial charge < -0.3 is 9.84 Å². The third kappa shape index (κ3) is 3.89. The fraction of sp³-hybridized carbons (Fsp3) is 0.500. The molecule has 1 heterocycles. The molecule has 1 N–H and O–H groups in total. The number of carboxylic acid groups (broad SMARTS) is 1. The largest absolute Gasteiger partial charge is 0.481 e. The maximum Gasteiger partial charge on any atom is 0.326 e. The van der Waals surface area contributed by atoms with Gasteiger partial charge in [-0.2, -0.15) is 0 Å². The number of carbonyl (C=O) groups excluding carboxylic acids is 1. The summed E-state index contributed by atoms with van der Waals surface area (Å²) in [4.78, 5) is 21.5. The minimum absolute atomic E-state index is 0.0111. The zero-order chi connectivity index (χ0) is 12.0. The van der Waals surface area contributed by atoms with Crippen LogP contribution in [0.2, 0.25) is 0 Å². The average molecular weight is 245 g/mol. The van der Waals surface area contributed by atoms with Gasteiger partial charge in [0.2, 0.25) is 0 Å². The molecule has 0 amide bonds. The number of rotatable bonds is 6. The van der Waals surface area contributed by atoms with Crippen LogP contribution in [0.4, 0.5) is 0 Å². The van der Waals surface area contributed by atoms with Crippen LogP contribution in [0.3, 0.4) is 0 Å². The topological polar surface area (TPSA) is 94.3 Å². The van der Waals surface area contributed by atoms with Gasteiger partial charge >= 0.3 is 11.9 Å². The first kappa shape index (κ1) is 12.5. The molecular formula is C8H11N3O4S. The molecule has 0 aliphatic rings. The maximum atomic E-state index is 11.2. The van der Waals surface area contributed by atoms with Crippen molar-refractivity contribution in [3.05, 3.63) is 6.33 Å². The predicted octanol–water partition coefficient (Wildman–Crippen LogP) is 0.0179. The van der Waals surface area contributed by atoms with E-state index in [1.807, 2.05) is 0 Å². The number of hydrogen-bond acceptors (Lipinski definition) is 6.